The minimum atomic E-state index is 0.606. The molecule has 108 valence electrons. The molecule has 2 fully saturated rings. The lowest BCUT2D eigenvalue weighted by molar-refractivity contribution is 0.215. The summed E-state index contributed by atoms with van der Waals surface area (Å²) in [5.41, 5.74) is 2.84. The molecule has 3 heteroatoms. The summed E-state index contributed by atoms with van der Waals surface area (Å²) in [5.74, 6) is 0. The lowest BCUT2D eigenvalue weighted by Gasteiger charge is -2.28. The Morgan fingerprint density at radius 2 is 2.00 bits per heavy atom. The van der Waals surface area contributed by atoms with Crippen LogP contribution in [0.25, 0.3) is 0 Å². The van der Waals surface area contributed by atoms with Crippen molar-refractivity contribution < 1.29 is 0 Å². The summed E-state index contributed by atoms with van der Waals surface area (Å²) < 4.78 is 0. The van der Waals surface area contributed by atoms with Crippen LogP contribution in [0, 0.1) is 0 Å². The Morgan fingerprint density at radius 3 is 2.90 bits per heavy atom. The second-order valence-electron chi connectivity index (χ2n) is 6.80. The maximum atomic E-state index is 3.70. The predicted octanol–water partition coefficient (Wildman–Crippen LogP) is 2.19. The van der Waals surface area contributed by atoms with Crippen LogP contribution in [0.1, 0.15) is 24.8 Å². The number of nitrogens with one attached hydrogen (secondary N) is 1. The van der Waals surface area contributed by atoms with Gasteiger partial charge in [0.15, 0.2) is 0 Å². The van der Waals surface area contributed by atoms with Crippen LogP contribution in [0.2, 0.25) is 0 Å². The van der Waals surface area contributed by atoms with E-state index in [9.17, 15) is 0 Å². The van der Waals surface area contributed by atoms with E-state index < -0.39 is 0 Å². The van der Waals surface area contributed by atoms with Crippen LogP contribution < -0.4 is 5.32 Å². The Hall–Kier alpha value is -1.06. The van der Waals surface area contributed by atoms with Gasteiger partial charge in [-0.1, -0.05) is 18.2 Å². The molecule has 3 nitrogen and oxygen atoms in total. The van der Waals surface area contributed by atoms with Crippen molar-refractivity contribution in [3.63, 3.8) is 0 Å². The summed E-state index contributed by atoms with van der Waals surface area (Å²) in [7, 11) is 2.33. The second-order valence-corrected chi connectivity index (χ2v) is 6.80. The van der Waals surface area contributed by atoms with Crippen LogP contribution in [0.3, 0.4) is 0 Å². The van der Waals surface area contributed by atoms with Crippen LogP contribution in [-0.4, -0.2) is 54.6 Å². The average Bonchev–Trinajstić information content (AvgIpc) is 2.94. The lowest BCUT2D eigenvalue weighted by atomic mass is 10.1. The molecule has 0 aromatic heterocycles. The van der Waals surface area contributed by atoms with E-state index >= 15 is 0 Å². The van der Waals surface area contributed by atoms with Crippen molar-refractivity contribution in [3.05, 3.63) is 29.8 Å². The van der Waals surface area contributed by atoms with E-state index in [2.05, 4.69) is 46.4 Å². The van der Waals surface area contributed by atoms with Crippen molar-refractivity contribution in [2.24, 2.45) is 0 Å². The summed E-state index contributed by atoms with van der Waals surface area (Å²) in [5, 5.41) is 3.70. The topological polar surface area (TPSA) is 18.5 Å². The summed E-state index contributed by atoms with van der Waals surface area (Å²) in [6, 6.07) is 11.0. The van der Waals surface area contributed by atoms with Crippen molar-refractivity contribution >= 4 is 5.69 Å². The minimum Gasteiger partial charge on any atom is -0.380 e. The second kappa shape index (κ2) is 5.05. The number of fused-ring (bicyclic) bond motifs is 3. The SMILES string of the molecule is CN1C2CCC1CN(CC1Cc3ccccc3N1)CC2. The number of para-hydroxylation sites is 1. The quantitative estimate of drug-likeness (QED) is 0.889. The zero-order valence-electron chi connectivity index (χ0n) is 12.4. The summed E-state index contributed by atoms with van der Waals surface area (Å²) >= 11 is 0. The fraction of sp³-hybridized carbons (Fsp3) is 0.647. The Balaban J connectivity index is 1.39. The predicted molar refractivity (Wildman–Crippen MR) is 83.2 cm³/mol. The first-order chi connectivity index (χ1) is 9.79. The van der Waals surface area contributed by atoms with Gasteiger partial charge in [-0.05, 0) is 50.9 Å². The van der Waals surface area contributed by atoms with Crippen molar-refractivity contribution in [2.45, 2.75) is 43.8 Å². The van der Waals surface area contributed by atoms with Gasteiger partial charge in [0, 0.05) is 36.9 Å². The molecule has 1 N–H and O–H groups in total. The highest BCUT2D eigenvalue weighted by Gasteiger charge is 2.35. The number of likely N-dealkylation sites (N-methyl/N-ethyl adjacent to an activating group) is 1. The highest BCUT2D eigenvalue weighted by atomic mass is 15.3. The van der Waals surface area contributed by atoms with Crippen LogP contribution in [0.4, 0.5) is 5.69 Å². The Labute approximate surface area is 121 Å². The van der Waals surface area contributed by atoms with E-state index in [1.54, 1.807) is 0 Å². The van der Waals surface area contributed by atoms with Gasteiger partial charge in [0.2, 0.25) is 0 Å². The molecule has 4 rings (SSSR count). The van der Waals surface area contributed by atoms with E-state index in [4.69, 9.17) is 0 Å². The normalized spacial score (nSPS) is 33.8. The Bertz CT molecular complexity index is 462. The van der Waals surface area contributed by atoms with Gasteiger partial charge >= 0.3 is 0 Å². The monoisotopic (exact) mass is 271 g/mol. The molecule has 1 aromatic carbocycles. The lowest BCUT2D eigenvalue weighted by Crippen LogP contribution is -2.41. The highest BCUT2D eigenvalue weighted by molar-refractivity contribution is 5.56. The summed E-state index contributed by atoms with van der Waals surface area (Å²) in [6.07, 6.45) is 5.36. The molecule has 0 radical (unpaired) electrons. The molecule has 0 spiro atoms. The standard InChI is InChI=1S/C17H25N3/c1-19-15-6-7-16(19)12-20(9-8-15)11-14-10-13-4-2-3-5-17(13)18-14/h2-5,14-16,18H,6-12H2,1H3. The smallest absolute Gasteiger partial charge is 0.0429 e. The first-order valence-corrected chi connectivity index (χ1v) is 8.08. The van der Waals surface area contributed by atoms with Crippen molar-refractivity contribution in [1.82, 2.24) is 9.80 Å². The van der Waals surface area contributed by atoms with Crippen molar-refractivity contribution in [2.75, 3.05) is 32.0 Å². The zero-order valence-corrected chi connectivity index (χ0v) is 12.4. The van der Waals surface area contributed by atoms with Gasteiger partial charge < -0.3 is 5.32 Å². The number of likely N-dealkylation sites (tertiary alicyclic amines) is 1. The van der Waals surface area contributed by atoms with Crippen LogP contribution in [0.5, 0.6) is 0 Å². The number of rotatable bonds is 2. The molecule has 20 heavy (non-hydrogen) atoms. The van der Waals surface area contributed by atoms with Gasteiger partial charge in [-0.25, -0.2) is 0 Å². The molecule has 2 bridgehead atoms. The van der Waals surface area contributed by atoms with E-state index in [1.807, 2.05) is 0 Å². The third-order valence-corrected chi connectivity index (χ3v) is 5.55. The molecular formula is C17H25N3. The fourth-order valence-corrected chi connectivity index (χ4v) is 4.34. The summed E-state index contributed by atoms with van der Waals surface area (Å²) in [6.45, 7) is 3.74. The molecule has 0 aliphatic carbocycles. The fourth-order valence-electron chi connectivity index (χ4n) is 4.34. The highest BCUT2D eigenvalue weighted by Crippen LogP contribution is 2.30. The van der Waals surface area contributed by atoms with Gasteiger partial charge in [0.1, 0.15) is 0 Å². The molecule has 3 aliphatic rings. The van der Waals surface area contributed by atoms with Crippen LogP contribution in [0.15, 0.2) is 24.3 Å². The van der Waals surface area contributed by atoms with E-state index in [0.717, 1.165) is 12.1 Å². The van der Waals surface area contributed by atoms with Gasteiger partial charge in [0.05, 0.1) is 0 Å². The van der Waals surface area contributed by atoms with Gasteiger partial charge in [-0.15, -0.1) is 0 Å². The zero-order chi connectivity index (χ0) is 13.5. The average molecular weight is 271 g/mol. The van der Waals surface area contributed by atoms with Crippen molar-refractivity contribution in [3.8, 4) is 0 Å². The number of hydrogen-bond donors (Lipinski definition) is 1. The van der Waals surface area contributed by atoms with Crippen molar-refractivity contribution in [1.29, 1.82) is 0 Å². The maximum absolute atomic E-state index is 3.70. The first-order valence-electron chi connectivity index (χ1n) is 8.08. The van der Waals surface area contributed by atoms with E-state index in [-0.39, 0.29) is 0 Å². The van der Waals surface area contributed by atoms with Gasteiger partial charge in [-0.2, -0.15) is 0 Å². The van der Waals surface area contributed by atoms with Crippen LogP contribution >= 0.6 is 0 Å². The largest absolute Gasteiger partial charge is 0.380 e. The van der Waals surface area contributed by atoms with E-state index in [0.29, 0.717) is 6.04 Å². The Morgan fingerprint density at radius 1 is 1.15 bits per heavy atom. The number of anilines is 1. The maximum Gasteiger partial charge on any atom is 0.0429 e. The third-order valence-electron chi connectivity index (χ3n) is 5.55. The van der Waals surface area contributed by atoms with E-state index in [1.165, 1.54) is 56.6 Å². The molecule has 3 heterocycles. The molecule has 3 atom stereocenters. The molecular weight excluding hydrogens is 246 g/mol. The van der Waals surface area contributed by atoms with Crippen LogP contribution in [-0.2, 0) is 6.42 Å². The molecule has 3 aliphatic heterocycles. The third kappa shape index (κ3) is 2.23. The minimum absolute atomic E-state index is 0.606. The number of hydrogen-bond acceptors (Lipinski definition) is 3. The molecule has 1 aromatic rings. The molecule has 3 unspecified atom stereocenters. The molecule has 2 saturated heterocycles. The Kier molecular flexibility index (Phi) is 3.20. The first kappa shape index (κ1) is 12.7. The van der Waals surface area contributed by atoms with Gasteiger partial charge in [-0.3, -0.25) is 9.80 Å². The molecule has 0 saturated carbocycles. The summed E-state index contributed by atoms with van der Waals surface area (Å²) in [4.78, 5) is 5.33. The number of benzene rings is 1. The number of nitrogens with zero attached hydrogens (tertiary/aromatic N) is 2. The molecule has 0 amide bonds. The van der Waals surface area contributed by atoms with Gasteiger partial charge in [0.25, 0.3) is 0 Å².